The zero-order valence-electron chi connectivity index (χ0n) is 11.4. The lowest BCUT2D eigenvalue weighted by Gasteiger charge is -2.09. The Morgan fingerprint density at radius 1 is 1.24 bits per heavy atom. The van der Waals surface area contributed by atoms with Gasteiger partial charge in [-0.3, -0.25) is 9.59 Å². The van der Waals surface area contributed by atoms with Crippen molar-refractivity contribution < 1.29 is 18.5 Å². The number of primary amides is 1. The fourth-order valence-electron chi connectivity index (χ4n) is 1.79. The Labute approximate surface area is 121 Å². The van der Waals surface area contributed by atoms with Gasteiger partial charge in [0.1, 0.15) is 11.4 Å². The van der Waals surface area contributed by atoms with Crippen LogP contribution in [0.15, 0.2) is 48.8 Å². The Hall–Kier alpha value is -2.76. The number of anilines is 1. The van der Waals surface area contributed by atoms with Crippen LogP contribution in [-0.2, 0) is 4.79 Å². The van der Waals surface area contributed by atoms with Crippen molar-refractivity contribution in [1.29, 1.82) is 0 Å². The molecule has 0 unspecified atom stereocenters. The van der Waals surface area contributed by atoms with Crippen molar-refractivity contribution in [2.45, 2.75) is 13.0 Å². The molecule has 1 atom stereocenters. The summed E-state index contributed by atoms with van der Waals surface area (Å²) >= 11 is 0. The molecule has 0 aliphatic heterocycles. The molecule has 1 aromatic carbocycles. The van der Waals surface area contributed by atoms with Crippen molar-refractivity contribution >= 4 is 17.5 Å². The van der Waals surface area contributed by atoms with Crippen LogP contribution in [0.1, 0.15) is 23.3 Å². The van der Waals surface area contributed by atoms with Crippen LogP contribution >= 0.6 is 0 Å². The van der Waals surface area contributed by atoms with Gasteiger partial charge in [0.2, 0.25) is 6.04 Å². The Bertz CT molecular complexity index is 671. The van der Waals surface area contributed by atoms with E-state index in [4.69, 9.17) is 5.73 Å². The SMILES string of the molecule is C[C@@H](C(=O)Nc1ccc(F)cc1)[n+]1cccc(C(N)=O)c1. The topological polar surface area (TPSA) is 76.1 Å². The molecule has 0 aliphatic rings. The van der Waals surface area contributed by atoms with E-state index >= 15 is 0 Å². The summed E-state index contributed by atoms with van der Waals surface area (Å²) in [4.78, 5) is 23.3. The van der Waals surface area contributed by atoms with Gasteiger partial charge in [-0.1, -0.05) is 0 Å². The molecule has 0 saturated carbocycles. The van der Waals surface area contributed by atoms with E-state index in [1.807, 2.05) is 0 Å². The van der Waals surface area contributed by atoms with E-state index in [0.29, 0.717) is 11.3 Å². The molecule has 2 amide bonds. The summed E-state index contributed by atoms with van der Waals surface area (Å²) in [5.41, 5.74) is 6.03. The fraction of sp³-hybridized carbons (Fsp3) is 0.133. The molecule has 0 bridgehead atoms. The lowest BCUT2D eigenvalue weighted by Crippen LogP contribution is -2.44. The standard InChI is InChI=1S/C15H14FN3O2/c1-10(19-8-2-3-11(9-19)14(17)20)15(21)18-13-6-4-12(16)5-7-13/h2-10H,1H3,(H2-,17,18,20,21)/p+1/t10-/m0/s1. The number of hydrogen-bond donors (Lipinski definition) is 2. The number of amides is 2. The Morgan fingerprint density at radius 3 is 2.52 bits per heavy atom. The summed E-state index contributed by atoms with van der Waals surface area (Å²) in [7, 11) is 0. The average Bonchev–Trinajstić information content (AvgIpc) is 2.49. The number of nitrogens with one attached hydrogen (secondary N) is 1. The van der Waals surface area contributed by atoms with Gasteiger partial charge in [-0.25, -0.2) is 4.39 Å². The highest BCUT2D eigenvalue weighted by molar-refractivity contribution is 5.93. The van der Waals surface area contributed by atoms with Gasteiger partial charge in [-0.15, -0.1) is 0 Å². The van der Waals surface area contributed by atoms with Crippen LogP contribution in [0.25, 0.3) is 0 Å². The molecule has 1 aromatic heterocycles. The highest BCUT2D eigenvalue weighted by Gasteiger charge is 2.22. The summed E-state index contributed by atoms with van der Waals surface area (Å²) in [6, 6.07) is 8.15. The number of rotatable bonds is 4. The smallest absolute Gasteiger partial charge is 0.293 e. The van der Waals surface area contributed by atoms with Crippen LogP contribution in [0.3, 0.4) is 0 Å². The van der Waals surface area contributed by atoms with Gasteiger partial charge in [0.25, 0.3) is 11.8 Å². The second-order valence-electron chi connectivity index (χ2n) is 4.58. The molecule has 2 aromatic rings. The van der Waals surface area contributed by atoms with E-state index in [0.717, 1.165) is 0 Å². The second kappa shape index (κ2) is 6.13. The van der Waals surface area contributed by atoms with E-state index in [2.05, 4.69) is 5.32 Å². The largest absolute Gasteiger partial charge is 0.365 e. The molecule has 0 saturated heterocycles. The van der Waals surface area contributed by atoms with E-state index in [-0.39, 0.29) is 11.7 Å². The molecular weight excluding hydrogens is 273 g/mol. The van der Waals surface area contributed by atoms with Gasteiger partial charge in [0.05, 0.1) is 0 Å². The van der Waals surface area contributed by atoms with Gasteiger partial charge >= 0.3 is 0 Å². The maximum absolute atomic E-state index is 12.8. The van der Waals surface area contributed by atoms with E-state index < -0.39 is 11.9 Å². The molecular formula is C15H15FN3O2+. The van der Waals surface area contributed by atoms with Gasteiger partial charge in [0.15, 0.2) is 12.4 Å². The van der Waals surface area contributed by atoms with E-state index in [1.165, 1.54) is 30.5 Å². The first-order valence-corrected chi connectivity index (χ1v) is 6.34. The monoisotopic (exact) mass is 288 g/mol. The number of pyridine rings is 1. The zero-order valence-corrected chi connectivity index (χ0v) is 11.4. The third-order valence-electron chi connectivity index (χ3n) is 3.05. The Morgan fingerprint density at radius 2 is 1.90 bits per heavy atom. The molecule has 1 heterocycles. The predicted molar refractivity (Wildman–Crippen MR) is 74.9 cm³/mol. The van der Waals surface area contributed by atoms with Crippen LogP contribution in [-0.4, -0.2) is 11.8 Å². The first-order chi connectivity index (χ1) is 9.97. The van der Waals surface area contributed by atoms with Crippen molar-refractivity contribution in [1.82, 2.24) is 0 Å². The van der Waals surface area contributed by atoms with Crippen LogP contribution in [0.4, 0.5) is 10.1 Å². The molecule has 21 heavy (non-hydrogen) atoms. The summed E-state index contributed by atoms with van der Waals surface area (Å²) in [6.07, 6.45) is 3.18. The van der Waals surface area contributed by atoms with Crippen LogP contribution < -0.4 is 15.6 Å². The van der Waals surface area contributed by atoms with Crippen molar-refractivity contribution in [3.63, 3.8) is 0 Å². The minimum Gasteiger partial charge on any atom is -0.365 e. The lowest BCUT2D eigenvalue weighted by atomic mass is 10.2. The van der Waals surface area contributed by atoms with E-state index in [9.17, 15) is 14.0 Å². The zero-order chi connectivity index (χ0) is 15.4. The summed E-state index contributed by atoms with van der Waals surface area (Å²) in [6.45, 7) is 1.68. The van der Waals surface area contributed by atoms with Crippen LogP contribution in [0, 0.1) is 5.82 Å². The number of halogens is 1. The normalized spacial score (nSPS) is 11.7. The minimum absolute atomic E-state index is 0.284. The predicted octanol–water partition coefficient (Wildman–Crippen LogP) is 1.41. The molecule has 0 fully saturated rings. The lowest BCUT2D eigenvalue weighted by molar-refractivity contribution is -0.705. The number of benzene rings is 1. The highest BCUT2D eigenvalue weighted by atomic mass is 19.1. The van der Waals surface area contributed by atoms with Gasteiger partial charge in [-0.05, 0) is 30.3 Å². The maximum Gasteiger partial charge on any atom is 0.293 e. The number of carbonyl (C=O) groups excluding carboxylic acids is 2. The number of aromatic nitrogens is 1. The van der Waals surface area contributed by atoms with Crippen molar-refractivity contribution in [2.75, 3.05) is 5.32 Å². The first kappa shape index (κ1) is 14.6. The van der Waals surface area contributed by atoms with Crippen molar-refractivity contribution in [3.8, 4) is 0 Å². The summed E-state index contributed by atoms with van der Waals surface area (Å²) in [5.74, 6) is -1.21. The second-order valence-corrected chi connectivity index (χ2v) is 4.58. The van der Waals surface area contributed by atoms with Crippen molar-refractivity contribution in [2.24, 2.45) is 5.73 Å². The van der Waals surface area contributed by atoms with Gasteiger partial charge in [0, 0.05) is 18.7 Å². The first-order valence-electron chi connectivity index (χ1n) is 6.34. The number of nitrogens with two attached hydrogens (primary N) is 1. The Balaban J connectivity index is 2.13. The third kappa shape index (κ3) is 3.62. The molecule has 2 rings (SSSR count). The quantitative estimate of drug-likeness (QED) is 0.835. The van der Waals surface area contributed by atoms with Crippen LogP contribution in [0.5, 0.6) is 0 Å². The number of hydrogen-bond acceptors (Lipinski definition) is 2. The van der Waals surface area contributed by atoms with E-state index in [1.54, 1.807) is 29.8 Å². The molecule has 108 valence electrons. The third-order valence-corrected chi connectivity index (χ3v) is 3.05. The number of carbonyl (C=O) groups is 2. The van der Waals surface area contributed by atoms with Crippen LogP contribution in [0.2, 0.25) is 0 Å². The summed E-state index contributed by atoms with van der Waals surface area (Å²) < 4.78 is 14.4. The highest BCUT2D eigenvalue weighted by Crippen LogP contribution is 2.10. The van der Waals surface area contributed by atoms with Gasteiger partial charge in [-0.2, -0.15) is 4.57 Å². The molecule has 0 aliphatic carbocycles. The maximum atomic E-state index is 12.8. The molecule has 3 N–H and O–H groups in total. The van der Waals surface area contributed by atoms with Gasteiger partial charge < -0.3 is 11.1 Å². The summed E-state index contributed by atoms with van der Waals surface area (Å²) in [5, 5.41) is 2.67. The molecule has 6 heteroatoms. The fourth-order valence-corrected chi connectivity index (χ4v) is 1.79. The minimum atomic E-state index is -0.560. The average molecular weight is 288 g/mol. The Kier molecular flexibility index (Phi) is 4.27. The molecule has 5 nitrogen and oxygen atoms in total. The number of nitrogens with zero attached hydrogens (tertiary/aromatic N) is 1. The van der Waals surface area contributed by atoms with Crippen molar-refractivity contribution in [3.05, 3.63) is 60.2 Å². The molecule has 0 spiro atoms. The molecule has 0 radical (unpaired) electrons.